The lowest BCUT2D eigenvalue weighted by Crippen LogP contribution is -2.46. The minimum Gasteiger partial charge on any atom is -0.481 e. The number of aliphatic hydroxyl groups is 1. The molecule has 2 rings (SSSR count). The van der Waals surface area contributed by atoms with Gasteiger partial charge in [0.15, 0.2) is 0 Å². The predicted octanol–water partition coefficient (Wildman–Crippen LogP) is 3.56. The summed E-state index contributed by atoms with van der Waals surface area (Å²) in [7, 11) is 0. The number of hydrogen-bond acceptors (Lipinski definition) is 2. The van der Waals surface area contributed by atoms with E-state index >= 15 is 0 Å². The van der Waals surface area contributed by atoms with Crippen molar-refractivity contribution in [3.8, 4) is 0 Å². The van der Waals surface area contributed by atoms with Gasteiger partial charge in [-0.15, -0.1) is 0 Å². The molecule has 2 atom stereocenters. The Morgan fingerprint density at radius 1 is 1.45 bits per heavy atom. The van der Waals surface area contributed by atoms with E-state index in [1.807, 2.05) is 19.1 Å². The maximum Gasteiger partial charge on any atom is 0.309 e. The summed E-state index contributed by atoms with van der Waals surface area (Å²) in [5.41, 5.74) is 1.18. The number of unbranched alkanes of at least 4 members (excludes halogenated alkanes) is 1. The summed E-state index contributed by atoms with van der Waals surface area (Å²) in [6, 6.07) is 6.01. The van der Waals surface area contributed by atoms with Crippen molar-refractivity contribution in [3.63, 3.8) is 0 Å². The maximum absolute atomic E-state index is 11.5. The van der Waals surface area contributed by atoms with Crippen LogP contribution in [0.15, 0.2) is 22.7 Å². The van der Waals surface area contributed by atoms with E-state index in [1.54, 1.807) is 0 Å². The minimum atomic E-state index is -1.11. The standard InChI is InChI=1S/C16H21BrO3/c1-2-3-4-14(15(18)19)16(20)8-7-11-9-13(17)6-5-12(11)10-16/h5-6,9,14,20H,2-4,7-8,10H2,1H3,(H,18,19). The molecule has 0 saturated carbocycles. The smallest absolute Gasteiger partial charge is 0.309 e. The zero-order chi connectivity index (χ0) is 14.8. The Bertz CT molecular complexity index is 500. The second-order valence-electron chi connectivity index (χ2n) is 5.73. The lowest BCUT2D eigenvalue weighted by Gasteiger charge is -2.38. The van der Waals surface area contributed by atoms with Crippen LogP contribution in [0.1, 0.15) is 43.7 Å². The largest absolute Gasteiger partial charge is 0.481 e. The monoisotopic (exact) mass is 340 g/mol. The average Bonchev–Trinajstić information content (AvgIpc) is 2.39. The molecular weight excluding hydrogens is 320 g/mol. The number of carboxylic acid groups (broad SMARTS) is 1. The van der Waals surface area contributed by atoms with Gasteiger partial charge in [-0.05, 0) is 42.5 Å². The summed E-state index contributed by atoms with van der Waals surface area (Å²) in [4.78, 5) is 11.5. The minimum absolute atomic E-state index is 0.441. The number of carbonyl (C=O) groups is 1. The number of benzene rings is 1. The van der Waals surface area contributed by atoms with E-state index in [0.29, 0.717) is 19.3 Å². The molecule has 0 fully saturated rings. The van der Waals surface area contributed by atoms with Gasteiger partial charge < -0.3 is 10.2 Å². The van der Waals surface area contributed by atoms with E-state index in [9.17, 15) is 15.0 Å². The van der Waals surface area contributed by atoms with Gasteiger partial charge in [0.05, 0.1) is 11.5 Å². The number of aliphatic carboxylic acids is 1. The van der Waals surface area contributed by atoms with Gasteiger partial charge in [-0.25, -0.2) is 0 Å². The first-order valence-electron chi connectivity index (χ1n) is 7.19. The molecule has 0 saturated heterocycles. The fraction of sp³-hybridized carbons (Fsp3) is 0.562. The van der Waals surface area contributed by atoms with Crippen LogP contribution in [0.3, 0.4) is 0 Å². The third kappa shape index (κ3) is 3.23. The van der Waals surface area contributed by atoms with Gasteiger partial charge in [0.2, 0.25) is 0 Å². The Labute approximate surface area is 128 Å². The Kier molecular flexibility index (Phi) is 4.86. The number of aryl methyl sites for hydroxylation is 1. The molecule has 1 aromatic carbocycles. The molecule has 20 heavy (non-hydrogen) atoms. The van der Waals surface area contributed by atoms with Gasteiger partial charge >= 0.3 is 5.97 Å². The van der Waals surface area contributed by atoms with Crippen LogP contribution in [0.5, 0.6) is 0 Å². The van der Waals surface area contributed by atoms with E-state index < -0.39 is 17.5 Å². The number of carboxylic acids is 1. The van der Waals surface area contributed by atoms with Crippen molar-refractivity contribution in [2.45, 2.75) is 51.0 Å². The van der Waals surface area contributed by atoms with Crippen LogP contribution < -0.4 is 0 Å². The Balaban J connectivity index is 2.22. The van der Waals surface area contributed by atoms with Crippen LogP contribution in [0, 0.1) is 5.92 Å². The van der Waals surface area contributed by atoms with Gasteiger partial charge in [-0.3, -0.25) is 4.79 Å². The van der Waals surface area contributed by atoms with Crippen molar-refractivity contribution in [2.24, 2.45) is 5.92 Å². The highest BCUT2D eigenvalue weighted by molar-refractivity contribution is 9.10. The van der Waals surface area contributed by atoms with Crippen molar-refractivity contribution in [3.05, 3.63) is 33.8 Å². The molecule has 0 aliphatic heterocycles. The Hall–Kier alpha value is -0.870. The van der Waals surface area contributed by atoms with E-state index in [0.717, 1.165) is 29.3 Å². The Morgan fingerprint density at radius 3 is 2.85 bits per heavy atom. The van der Waals surface area contributed by atoms with Crippen LogP contribution in [-0.2, 0) is 17.6 Å². The fourth-order valence-corrected chi connectivity index (χ4v) is 3.51. The summed E-state index contributed by atoms with van der Waals surface area (Å²) in [5, 5.41) is 20.3. The van der Waals surface area contributed by atoms with Gasteiger partial charge in [0, 0.05) is 10.9 Å². The molecule has 2 N–H and O–H groups in total. The second-order valence-corrected chi connectivity index (χ2v) is 6.64. The van der Waals surface area contributed by atoms with Crippen LogP contribution in [-0.4, -0.2) is 21.8 Å². The average molecular weight is 341 g/mol. The molecular formula is C16H21BrO3. The van der Waals surface area contributed by atoms with Gasteiger partial charge in [-0.1, -0.05) is 41.8 Å². The fourth-order valence-electron chi connectivity index (χ4n) is 3.10. The summed E-state index contributed by atoms with van der Waals surface area (Å²) in [6.07, 6.45) is 4.04. The molecule has 0 spiro atoms. The zero-order valence-electron chi connectivity index (χ0n) is 11.7. The van der Waals surface area contributed by atoms with Crippen molar-refractivity contribution in [1.82, 2.24) is 0 Å². The van der Waals surface area contributed by atoms with Crippen LogP contribution in [0.25, 0.3) is 0 Å². The molecule has 1 aromatic rings. The van der Waals surface area contributed by atoms with Crippen LogP contribution in [0.2, 0.25) is 0 Å². The van der Waals surface area contributed by atoms with E-state index in [4.69, 9.17) is 0 Å². The van der Waals surface area contributed by atoms with Crippen molar-refractivity contribution < 1.29 is 15.0 Å². The van der Waals surface area contributed by atoms with Crippen molar-refractivity contribution in [1.29, 1.82) is 0 Å². The van der Waals surface area contributed by atoms with Crippen molar-refractivity contribution >= 4 is 21.9 Å². The third-order valence-electron chi connectivity index (χ3n) is 4.29. The topological polar surface area (TPSA) is 57.5 Å². The lowest BCUT2D eigenvalue weighted by molar-refractivity contribution is -0.153. The van der Waals surface area contributed by atoms with Gasteiger partial charge in [0.25, 0.3) is 0 Å². The lowest BCUT2D eigenvalue weighted by atomic mass is 9.71. The van der Waals surface area contributed by atoms with Crippen LogP contribution in [0.4, 0.5) is 0 Å². The summed E-state index contributed by atoms with van der Waals surface area (Å²) in [6.45, 7) is 2.04. The molecule has 0 radical (unpaired) electrons. The molecule has 4 heteroatoms. The van der Waals surface area contributed by atoms with E-state index in [1.165, 1.54) is 5.56 Å². The first kappa shape index (κ1) is 15.5. The quantitative estimate of drug-likeness (QED) is 0.861. The third-order valence-corrected chi connectivity index (χ3v) is 4.78. The second kappa shape index (κ2) is 6.27. The number of fused-ring (bicyclic) bond motifs is 1. The molecule has 1 aliphatic rings. The number of rotatable bonds is 5. The summed E-state index contributed by atoms with van der Waals surface area (Å²) >= 11 is 3.45. The van der Waals surface area contributed by atoms with E-state index in [-0.39, 0.29) is 0 Å². The highest BCUT2D eigenvalue weighted by atomic mass is 79.9. The molecule has 1 aliphatic carbocycles. The maximum atomic E-state index is 11.5. The molecule has 2 unspecified atom stereocenters. The highest BCUT2D eigenvalue weighted by Gasteiger charge is 2.43. The molecule has 0 bridgehead atoms. The predicted molar refractivity (Wildman–Crippen MR) is 81.8 cm³/mol. The number of hydrogen-bond donors (Lipinski definition) is 2. The zero-order valence-corrected chi connectivity index (χ0v) is 13.3. The van der Waals surface area contributed by atoms with E-state index in [2.05, 4.69) is 22.0 Å². The molecule has 110 valence electrons. The summed E-state index contributed by atoms with van der Waals surface area (Å²) in [5.74, 6) is -1.54. The molecule has 3 nitrogen and oxygen atoms in total. The summed E-state index contributed by atoms with van der Waals surface area (Å²) < 4.78 is 1.03. The molecule has 0 aromatic heterocycles. The molecule has 0 heterocycles. The van der Waals surface area contributed by atoms with Crippen molar-refractivity contribution in [2.75, 3.05) is 0 Å². The SMILES string of the molecule is CCCCC(C(=O)O)C1(O)CCc2cc(Br)ccc2C1. The normalized spacial score (nSPS) is 23.1. The first-order chi connectivity index (χ1) is 9.46. The van der Waals surface area contributed by atoms with Gasteiger partial charge in [-0.2, -0.15) is 0 Å². The first-order valence-corrected chi connectivity index (χ1v) is 7.98. The molecule has 0 amide bonds. The Morgan fingerprint density at radius 2 is 2.20 bits per heavy atom. The number of halogens is 1. The van der Waals surface area contributed by atoms with Gasteiger partial charge in [0.1, 0.15) is 0 Å². The van der Waals surface area contributed by atoms with Crippen LogP contribution >= 0.6 is 15.9 Å². The highest BCUT2D eigenvalue weighted by Crippen LogP contribution is 2.37.